The van der Waals surface area contributed by atoms with Crippen molar-refractivity contribution in [2.75, 3.05) is 30.9 Å². The van der Waals surface area contributed by atoms with Crippen molar-refractivity contribution >= 4 is 23.4 Å². The summed E-state index contributed by atoms with van der Waals surface area (Å²) in [4.78, 5) is 12.1. The van der Waals surface area contributed by atoms with Gasteiger partial charge in [-0.25, -0.2) is 0 Å². The summed E-state index contributed by atoms with van der Waals surface area (Å²) in [7, 11) is 1.55. The topological polar surface area (TPSA) is 64.3 Å². The second-order valence-corrected chi connectivity index (χ2v) is 5.55. The van der Waals surface area contributed by atoms with Crippen LogP contribution in [-0.4, -0.2) is 31.1 Å². The summed E-state index contributed by atoms with van der Waals surface area (Å²) in [5.74, 6) is 3.36. The predicted molar refractivity (Wildman–Crippen MR) is 75.2 cm³/mol. The SMILES string of the molecule is COc1ccc(N)cc1C(=O)NCC1CCSC1. The third-order valence-electron chi connectivity index (χ3n) is 3.04. The van der Waals surface area contributed by atoms with Gasteiger partial charge in [0.15, 0.2) is 0 Å². The van der Waals surface area contributed by atoms with Gasteiger partial charge in [0, 0.05) is 12.2 Å². The van der Waals surface area contributed by atoms with E-state index in [1.165, 1.54) is 12.2 Å². The van der Waals surface area contributed by atoms with E-state index in [1.807, 2.05) is 11.8 Å². The van der Waals surface area contributed by atoms with Crippen LogP contribution in [0.25, 0.3) is 0 Å². The molecule has 1 saturated heterocycles. The summed E-state index contributed by atoms with van der Waals surface area (Å²) < 4.78 is 5.17. The molecule has 1 atom stereocenters. The molecule has 0 aromatic heterocycles. The molecular weight excluding hydrogens is 248 g/mol. The number of thioether (sulfide) groups is 1. The molecule has 18 heavy (non-hydrogen) atoms. The molecule has 4 nitrogen and oxygen atoms in total. The Kier molecular flexibility index (Phi) is 4.36. The van der Waals surface area contributed by atoms with Crippen molar-refractivity contribution in [1.82, 2.24) is 5.32 Å². The lowest BCUT2D eigenvalue weighted by molar-refractivity contribution is 0.0945. The van der Waals surface area contributed by atoms with Crippen molar-refractivity contribution in [3.8, 4) is 5.75 Å². The van der Waals surface area contributed by atoms with Gasteiger partial charge >= 0.3 is 0 Å². The zero-order chi connectivity index (χ0) is 13.0. The van der Waals surface area contributed by atoms with E-state index < -0.39 is 0 Å². The normalized spacial score (nSPS) is 18.6. The quantitative estimate of drug-likeness (QED) is 0.815. The highest BCUT2D eigenvalue weighted by atomic mass is 32.2. The third-order valence-corrected chi connectivity index (χ3v) is 4.27. The minimum absolute atomic E-state index is 0.115. The zero-order valence-corrected chi connectivity index (χ0v) is 11.3. The molecule has 1 aliphatic rings. The fourth-order valence-corrected chi connectivity index (χ4v) is 3.26. The summed E-state index contributed by atoms with van der Waals surface area (Å²) in [6.45, 7) is 0.726. The van der Waals surface area contributed by atoms with Gasteiger partial charge in [-0.05, 0) is 42.0 Å². The highest BCUT2D eigenvalue weighted by Crippen LogP contribution is 2.24. The van der Waals surface area contributed by atoms with E-state index in [-0.39, 0.29) is 5.91 Å². The van der Waals surface area contributed by atoms with Crippen LogP contribution in [0.4, 0.5) is 5.69 Å². The van der Waals surface area contributed by atoms with Crippen LogP contribution in [0.1, 0.15) is 16.8 Å². The van der Waals surface area contributed by atoms with Crippen LogP contribution in [0.3, 0.4) is 0 Å². The number of methoxy groups -OCH3 is 1. The molecule has 0 aliphatic carbocycles. The number of nitrogen functional groups attached to an aromatic ring is 1. The van der Waals surface area contributed by atoms with Crippen LogP contribution >= 0.6 is 11.8 Å². The molecule has 0 saturated carbocycles. The van der Waals surface area contributed by atoms with Crippen molar-refractivity contribution in [3.05, 3.63) is 23.8 Å². The number of hydrogen-bond donors (Lipinski definition) is 2. The second-order valence-electron chi connectivity index (χ2n) is 4.40. The molecule has 1 heterocycles. The Morgan fingerprint density at radius 1 is 1.61 bits per heavy atom. The minimum atomic E-state index is -0.115. The standard InChI is InChI=1S/C13H18N2O2S/c1-17-12-3-2-10(14)6-11(12)13(16)15-7-9-4-5-18-8-9/h2-3,6,9H,4-5,7-8,14H2,1H3,(H,15,16). The summed E-state index contributed by atoms with van der Waals surface area (Å²) in [5.41, 5.74) is 6.77. The maximum atomic E-state index is 12.1. The monoisotopic (exact) mass is 266 g/mol. The number of anilines is 1. The molecule has 5 heteroatoms. The van der Waals surface area contributed by atoms with Crippen molar-refractivity contribution in [2.24, 2.45) is 5.92 Å². The molecule has 1 aromatic carbocycles. The number of nitrogens with two attached hydrogens (primary N) is 1. The Morgan fingerprint density at radius 3 is 3.11 bits per heavy atom. The molecule has 0 spiro atoms. The molecule has 98 valence electrons. The number of carbonyl (C=O) groups is 1. The van der Waals surface area contributed by atoms with E-state index in [2.05, 4.69) is 5.32 Å². The number of hydrogen-bond acceptors (Lipinski definition) is 4. The molecule has 0 bridgehead atoms. The Labute approximate surface area is 111 Å². The maximum Gasteiger partial charge on any atom is 0.255 e. The van der Waals surface area contributed by atoms with Crippen molar-refractivity contribution in [3.63, 3.8) is 0 Å². The van der Waals surface area contributed by atoms with E-state index in [9.17, 15) is 4.79 Å². The predicted octanol–water partition coefficient (Wildman–Crippen LogP) is 1.76. The third kappa shape index (κ3) is 3.10. The second kappa shape index (κ2) is 6.00. The van der Waals surface area contributed by atoms with Crippen molar-refractivity contribution < 1.29 is 9.53 Å². The first-order valence-corrected chi connectivity index (χ1v) is 7.15. The van der Waals surface area contributed by atoms with Gasteiger partial charge in [0.05, 0.1) is 12.7 Å². The molecule has 1 fully saturated rings. The largest absolute Gasteiger partial charge is 0.496 e. The van der Waals surface area contributed by atoms with E-state index in [0.29, 0.717) is 22.9 Å². The minimum Gasteiger partial charge on any atom is -0.496 e. The van der Waals surface area contributed by atoms with E-state index >= 15 is 0 Å². The lowest BCUT2D eigenvalue weighted by Gasteiger charge is -2.12. The molecule has 1 unspecified atom stereocenters. The first-order valence-electron chi connectivity index (χ1n) is 6.00. The maximum absolute atomic E-state index is 12.1. The molecule has 1 aromatic rings. The number of nitrogens with one attached hydrogen (secondary N) is 1. The Morgan fingerprint density at radius 2 is 2.44 bits per heavy atom. The molecule has 1 aliphatic heterocycles. The number of carbonyl (C=O) groups excluding carboxylic acids is 1. The van der Waals surface area contributed by atoms with Gasteiger partial charge in [0.2, 0.25) is 0 Å². The zero-order valence-electron chi connectivity index (χ0n) is 10.4. The van der Waals surface area contributed by atoms with Crippen molar-refractivity contribution in [2.45, 2.75) is 6.42 Å². The van der Waals surface area contributed by atoms with Gasteiger partial charge in [-0.2, -0.15) is 11.8 Å². The highest BCUT2D eigenvalue weighted by molar-refractivity contribution is 7.99. The number of benzene rings is 1. The first-order chi connectivity index (χ1) is 8.70. The summed E-state index contributed by atoms with van der Waals surface area (Å²) in [6.07, 6.45) is 1.18. The molecule has 2 rings (SSSR count). The number of ether oxygens (including phenoxy) is 1. The Bertz CT molecular complexity index is 431. The van der Waals surface area contributed by atoms with E-state index in [0.717, 1.165) is 12.3 Å². The van der Waals surface area contributed by atoms with Gasteiger partial charge in [-0.3, -0.25) is 4.79 Å². The van der Waals surface area contributed by atoms with Gasteiger partial charge in [0.25, 0.3) is 5.91 Å². The summed E-state index contributed by atoms with van der Waals surface area (Å²) in [6, 6.07) is 5.09. The van der Waals surface area contributed by atoms with Gasteiger partial charge in [-0.1, -0.05) is 0 Å². The Balaban J connectivity index is 2.00. The lowest BCUT2D eigenvalue weighted by Crippen LogP contribution is -2.29. The summed E-state index contributed by atoms with van der Waals surface area (Å²) in [5, 5.41) is 2.96. The van der Waals surface area contributed by atoms with Crippen LogP contribution in [-0.2, 0) is 0 Å². The van der Waals surface area contributed by atoms with Crippen LogP contribution in [0.15, 0.2) is 18.2 Å². The van der Waals surface area contributed by atoms with Gasteiger partial charge in [-0.15, -0.1) is 0 Å². The Hall–Kier alpha value is -1.36. The number of amides is 1. The molecular formula is C13H18N2O2S. The molecule has 3 N–H and O–H groups in total. The van der Waals surface area contributed by atoms with Crippen LogP contribution in [0.5, 0.6) is 5.75 Å². The number of rotatable bonds is 4. The van der Waals surface area contributed by atoms with E-state index in [4.69, 9.17) is 10.5 Å². The van der Waals surface area contributed by atoms with Gasteiger partial charge in [0.1, 0.15) is 5.75 Å². The average molecular weight is 266 g/mol. The van der Waals surface area contributed by atoms with Crippen LogP contribution in [0.2, 0.25) is 0 Å². The average Bonchev–Trinajstić information content (AvgIpc) is 2.89. The lowest BCUT2D eigenvalue weighted by atomic mass is 10.1. The fourth-order valence-electron chi connectivity index (χ4n) is 1.98. The van der Waals surface area contributed by atoms with Crippen LogP contribution in [0, 0.1) is 5.92 Å². The fraction of sp³-hybridized carbons (Fsp3) is 0.462. The highest BCUT2D eigenvalue weighted by Gasteiger charge is 2.18. The molecule has 0 radical (unpaired) electrons. The smallest absolute Gasteiger partial charge is 0.255 e. The van der Waals surface area contributed by atoms with Crippen LogP contribution < -0.4 is 15.8 Å². The molecule has 1 amide bonds. The van der Waals surface area contributed by atoms with E-state index in [1.54, 1.807) is 25.3 Å². The van der Waals surface area contributed by atoms with Crippen molar-refractivity contribution in [1.29, 1.82) is 0 Å². The first kappa shape index (κ1) is 13.1. The summed E-state index contributed by atoms with van der Waals surface area (Å²) >= 11 is 1.94. The van der Waals surface area contributed by atoms with Gasteiger partial charge < -0.3 is 15.8 Å².